The summed E-state index contributed by atoms with van der Waals surface area (Å²) in [7, 11) is 0. The molecular weight excluding hydrogens is 528 g/mol. The van der Waals surface area contributed by atoms with Crippen LogP contribution < -0.4 is 19.6 Å². The highest BCUT2D eigenvalue weighted by Gasteiger charge is 2.33. The third kappa shape index (κ3) is 5.32. The molecule has 0 bridgehead atoms. The minimum atomic E-state index is -0.577. The molecule has 1 atom stereocenters. The van der Waals surface area contributed by atoms with Crippen LogP contribution in [0.3, 0.4) is 0 Å². The Balaban J connectivity index is 1.51. The summed E-state index contributed by atoms with van der Waals surface area (Å²) >= 11 is 8.75. The Bertz CT molecular complexity index is 1650. The van der Waals surface area contributed by atoms with Crippen LogP contribution >= 0.6 is 34.3 Å². The fraction of sp³-hybridized carbons (Fsp3) is 0.179. The van der Waals surface area contributed by atoms with Gasteiger partial charge in [0.25, 0.3) is 5.56 Å². The standard InChI is InChI=1S/C28H23ClN2O4S2/c1-3-34-27(33)24-17(2)30-28-31(25(24)22-8-5-13-36-22)26(32)23(37-28)15-19-6-4-7-21(14-19)35-16-18-9-11-20(29)12-10-18/h4-15,25H,3,16H2,1-2H3/b23-15+/t25-/m1/s1. The van der Waals surface area contributed by atoms with Crippen LogP contribution in [0, 0.1) is 0 Å². The molecule has 6 nitrogen and oxygen atoms in total. The van der Waals surface area contributed by atoms with Gasteiger partial charge in [0, 0.05) is 9.90 Å². The number of nitrogens with zero attached hydrogens (tertiary/aromatic N) is 2. The molecule has 0 amide bonds. The summed E-state index contributed by atoms with van der Waals surface area (Å²) in [6, 6.07) is 18.3. The lowest BCUT2D eigenvalue weighted by Gasteiger charge is -2.23. The van der Waals surface area contributed by atoms with Gasteiger partial charge in [0.1, 0.15) is 18.4 Å². The van der Waals surface area contributed by atoms with Crippen LogP contribution in [-0.4, -0.2) is 17.1 Å². The molecule has 0 N–H and O–H groups in total. The molecule has 4 aromatic rings. The number of allylic oxidation sites excluding steroid dienone is 1. The van der Waals surface area contributed by atoms with Crippen LogP contribution in [0.15, 0.2) is 87.1 Å². The first-order valence-corrected chi connectivity index (χ1v) is 13.7. The molecule has 5 rings (SSSR count). The van der Waals surface area contributed by atoms with E-state index in [9.17, 15) is 9.59 Å². The lowest BCUT2D eigenvalue weighted by Crippen LogP contribution is -2.39. The normalized spacial score (nSPS) is 15.3. The van der Waals surface area contributed by atoms with Crippen LogP contribution in [0.5, 0.6) is 5.75 Å². The number of rotatable bonds is 7. The zero-order valence-corrected chi connectivity index (χ0v) is 22.5. The van der Waals surface area contributed by atoms with Crippen molar-refractivity contribution in [2.24, 2.45) is 4.99 Å². The third-order valence-electron chi connectivity index (χ3n) is 5.80. The quantitative estimate of drug-likeness (QED) is 0.300. The van der Waals surface area contributed by atoms with E-state index in [2.05, 4.69) is 4.99 Å². The predicted molar refractivity (Wildman–Crippen MR) is 147 cm³/mol. The smallest absolute Gasteiger partial charge is 0.338 e. The number of hydrogen-bond donors (Lipinski definition) is 0. The van der Waals surface area contributed by atoms with Crippen molar-refractivity contribution in [3.05, 3.63) is 118 Å². The van der Waals surface area contributed by atoms with Crippen molar-refractivity contribution in [2.75, 3.05) is 6.61 Å². The maximum Gasteiger partial charge on any atom is 0.338 e. The molecule has 0 aliphatic carbocycles. The number of benzene rings is 2. The lowest BCUT2D eigenvalue weighted by atomic mass is 10.0. The van der Waals surface area contributed by atoms with E-state index in [0.29, 0.717) is 38.0 Å². The van der Waals surface area contributed by atoms with Crippen molar-refractivity contribution in [1.29, 1.82) is 0 Å². The number of thiophene rings is 1. The highest BCUT2D eigenvalue weighted by Crippen LogP contribution is 2.33. The molecule has 3 heterocycles. The molecule has 2 aromatic heterocycles. The van der Waals surface area contributed by atoms with E-state index in [-0.39, 0.29) is 12.2 Å². The van der Waals surface area contributed by atoms with Gasteiger partial charge in [-0.25, -0.2) is 9.79 Å². The van der Waals surface area contributed by atoms with Crippen molar-refractivity contribution >= 4 is 46.3 Å². The monoisotopic (exact) mass is 550 g/mol. The Morgan fingerprint density at radius 3 is 2.70 bits per heavy atom. The van der Waals surface area contributed by atoms with Gasteiger partial charge in [0.15, 0.2) is 4.80 Å². The van der Waals surface area contributed by atoms with Crippen molar-refractivity contribution < 1.29 is 14.3 Å². The van der Waals surface area contributed by atoms with E-state index >= 15 is 0 Å². The number of esters is 1. The van der Waals surface area contributed by atoms with Crippen LogP contribution in [0.25, 0.3) is 6.08 Å². The van der Waals surface area contributed by atoms with E-state index in [0.717, 1.165) is 16.0 Å². The maximum absolute atomic E-state index is 13.6. The van der Waals surface area contributed by atoms with Gasteiger partial charge in [-0.2, -0.15) is 0 Å². The minimum absolute atomic E-state index is 0.205. The average Bonchev–Trinajstić information content (AvgIpc) is 3.52. The number of fused-ring (bicyclic) bond motifs is 1. The molecule has 37 heavy (non-hydrogen) atoms. The highest BCUT2D eigenvalue weighted by atomic mass is 35.5. The second-order valence-corrected chi connectivity index (χ2v) is 10.7. The Morgan fingerprint density at radius 2 is 1.97 bits per heavy atom. The number of carbonyl (C=O) groups excluding carboxylic acids is 1. The molecule has 0 unspecified atom stereocenters. The third-order valence-corrected chi connectivity index (χ3v) is 7.96. The Labute approximate surface area is 226 Å². The molecule has 1 aliphatic rings. The number of aromatic nitrogens is 1. The molecular formula is C28H23ClN2O4S2. The van der Waals surface area contributed by atoms with E-state index in [1.165, 1.54) is 22.7 Å². The first-order valence-electron chi connectivity index (χ1n) is 11.6. The summed E-state index contributed by atoms with van der Waals surface area (Å²) in [4.78, 5) is 32.6. The van der Waals surface area contributed by atoms with Crippen molar-refractivity contribution in [3.8, 4) is 5.75 Å². The Kier molecular flexibility index (Phi) is 7.41. The molecule has 188 valence electrons. The van der Waals surface area contributed by atoms with Gasteiger partial charge in [-0.3, -0.25) is 9.36 Å². The number of carbonyl (C=O) groups is 1. The number of hydrogen-bond acceptors (Lipinski definition) is 7. The molecule has 0 spiro atoms. The molecule has 9 heteroatoms. The zero-order chi connectivity index (χ0) is 25.9. The van der Waals surface area contributed by atoms with E-state index in [1.54, 1.807) is 18.4 Å². The van der Waals surface area contributed by atoms with E-state index in [4.69, 9.17) is 21.1 Å². The largest absolute Gasteiger partial charge is 0.489 e. The molecule has 1 aliphatic heterocycles. The molecule has 0 radical (unpaired) electrons. The number of thiazole rings is 1. The average molecular weight is 551 g/mol. The summed E-state index contributed by atoms with van der Waals surface area (Å²) in [6.07, 6.45) is 1.83. The molecule has 0 saturated carbocycles. The van der Waals surface area contributed by atoms with Crippen LogP contribution in [0.4, 0.5) is 0 Å². The van der Waals surface area contributed by atoms with Crippen LogP contribution in [0.2, 0.25) is 5.02 Å². The Hall–Kier alpha value is -3.46. The van der Waals surface area contributed by atoms with Crippen molar-refractivity contribution in [1.82, 2.24) is 4.57 Å². The summed E-state index contributed by atoms with van der Waals surface area (Å²) in [6.45, 7) is 4.19. The molecule has 2 aromatic carbocycles. The fourth-order valence-electron chi connectivity index (χ4n) is 4.10. The van der Waals surface area contributed by atoms with Gasteiger partial charge in [-0.1, -0.05) is 53.3 Å². The highest BCUT2D eigenvalue weighted by molar-refractivity contribution is 7.10. The Morgan fingerprint density at radius 1 is 1.16 bits per heavy atom. The second kappa shape index (κ2) is 10.9. The molecule has 0 saturated heterocycles. The topological polar surface area (TPSA) is 69.9 Å². The first-order chi connectivity index (χ1) is 17.9. The minimum Gasteiger partial charge on any atom is -0.489 e. The summed E-state index contributed by atoms with van der Waals surface area (Å²) < 4.78 is 13.4. The lowest BCUT2D eigenvalue weighted by molar-refractivity contribution is -0.139. The summed E-state index contributed by atoms with van der Waals surface area (Å²) in [5.41, 5.74) is 2.57. The van der Waals surface area contributed by atoms with Gasteiger partial charge in [0.2, 0.25) is 0 Å². The fourth-order valence-corrected chi connectivity index (χ4v) is 6.10. The summed E-state index contributed by atoms with van der Waals surface area (Å²) in [5, 5.41) is 2.61. The maximum atomic E-state index is 13.6. The van der Waals surface area contributed by atoms with Crippen LogP contribution in [-0.2, 0) is 16.1 Å². The van der Waals surface area contributed by atoms with E-state index in [1.807, 2.05) is 72.1 Å². The van der Waals surface area contributed by atoms with Gasteiger partial charge in [-0.15, -0.1) is 11.3 Å². The number of ether oxygens (including phenoxy) is 2. The molecule has 0 fully saturated rings. The second-order valence-electron chi connectivity index (χ2n) is 8.31. The van der Waals surface area contributed by atoms with E-state index < -0.39 is 12.0 Å². The SMILES string of the molecule is CCOC(=O)C1=C(C)N=c2s/c(=C/c3cccc(OCc4ccc(Cl)cc4)c3)c(=O)n2[C@@H]1c1cccs1. The van der Waals surface area contributed by atoms with Gasteiger partial charge in [-0.05, 0) is 66.8 Å². The van der Waals surface area contributed by atoms with Gasteiger partial charge < -0.3 is 9.47 Å². The van der Waals surface area contributed by atoms with Crippen molar-refractivity contribution in [2.45, 2.75) is 26.5 Å². The first kappa shape index (κ1) is 25.2. The zero-order valence-electron chi connectivity index (χ0n) is 20.1. The number of halogens is 1. The summed E-state index contributed by atoms with van der Waals surface area (Å²) in [5.74, 6) is 0.232. The van der Waals surface area contributed by atoms with Gasteiger partial charge >= 0.3 is 5.97 Å². The van der Waals surface area contributed by atoms with Gasteiger partial charge in [0.05, 0.1) is 22.4 Å². The van der Waals surface area contributed by atoms with Crippen LogP contribution in [0.1, 0.15) is 35.9 Å². The van der Waals surface area contributed by atoms with Crippen molar-refractivity contribution in [3.63, 3.8) is 0 Å². The predicted octanol–water partition coefficient (Wildman–Crippen LogP) is 5.09.